The van der Waals surface area contributed by atoms with Crippen LogP contribution in [0.3, 0.4) is 0 Å². The Morgan fingerprint density at radius 2 is 1.91 bits per heavy atom. The first-order chi connectivity index (χ1) is 10.8. The van der Waals surface area contributed by atoms with E-state index in [0.717, 1.165) is 42.0 Å². The van der Waals surface area contributed by atoms with Gasteiger partial charge in [0.05, 0.1) is 7.11 Å². The molecule has 0 atom stereocenters. The number of aromatic nitrogens is 2. The largest absolute Gasteiger partial charge is 0.497 e. The molecule has 2 aromatic rings. The topological polar surface area (TPSA) is 64.1 Å². The first-order valence-electron chi connectivity index (χ1n) is 7.55. The van der Waals surface area contributed by atoms with Crippen molar-refractivity contribution in [2.45, 2.75) is 32.1 Å². The molecule has 1 heterocycles. The summed E-state index contributed by atoms with van der Waals surface area (Å²) in [5.41, 5.74) is 0.969. The van der Waals surface area contributed by atoms with Crippen molar-refractivity contribution < 1.29 is 9.53 Å². The Hall–Kier alpha value is -1.95. The fourth-order valence-corrected chi connectivity index (χ4v) is 3.45. The van der Waals surface area contributed by atoms with E-state index in [2.05, 4.69) is 15.5 Å². The van der Waals surface area contributed by atoms with Gasteiger partial charge in [-0.1, -0.05) is 30.6 Å². The quantitative estimate of drug-likeness (QED) is 0.933. The summed E-state index contributed by atoms with van der Waals surface area (Å²) in [5.74, 6) is 1.01. The third-order valence-corrected chi connectivity index (χ3v) is 4.86. The number of ether oxygens (including phenoxy) is 1. The molecule has 0 aliphatic heterocycles. The lowest BCUT2D eigenvalue weighted by Gasteiger charge is -2.19. The predicted molar refractivity (Wildman–Crippen MR) is 87.1 cm³/mol. The van der Waals surface area contributed by atoms with Crippen molar-refractivity contribution in [3.63, 3.8) is 0 Å². The Bertz CT molecular complexity index is 633. The van der Waals surface area contributed by atoms with Gasteiger partial charge in [-0.2, -0.15) is 0 Å². The lowest BCUT2D eigenvalue weighted by atomic mass is 9.89. The standard InChI is InChI=1S/C16H19N3O2S/c1-21-13-9-7-12(8-10-13)15-18-19-16(22-15)17-14(20)11-5-3-2-4-6-11/h7-11H,2-6H2,1H3,(H,17,19,20). The number of nitrogens with one attached hydrogen (secondary N) is 1. The van der Waals surface area contributed by atoms with Gasteiger partial charge in [-0.05, 0) is 37.1 Å². The minimum absolute atomic E-state index is 0.0807. The van der Waals surface area contributed by atoms with Crippen molar-refractivity contribution in [3.05, 3.63) is 24.3 Å². The summed E-state index contributed by atoms with van der Waals surface area (Å²) in [6.45, 7) is 0. The molecule has 1 N–H and O–H groups in total. The number of carbonyl (C=O) groups excluding carboxylic acids is 1. The molecule has 0 spiro atoms. The van der Waals surface area contributed by atoms with Crippen molar-refractivity contribution in [2.75, 3.05) is 12.4 Å². The number of carbonyl (C=O) groups is 1. The van der Waals surface area contributed by atoms with E-state index in [1.807, 2.05) is 24.3 Å². The zero-order valence-corrected chi connectivity index (χ0v) is 13.4. The monoisotopic (exact) mass is 317 g/mol. The third-order valence-electron chi connectivity index (χ3n) is 3.97. The molecule has 22 heavy (non-hydrogen) atoms. The molecule has 0 unspecified atom stereocenters. The smallest absolute Gasteiger partial charge is 0.229 e. The van der Waals surface area contributed by atoms with E-state index in [1.54, 1.807) is 7.11 Å². The van der Waals surface area contributed by atoms with Crippen LogP contribution in [0.2, 0.25) is 0 Å². The Balaban J connectivity index is 1.66. The summed E-state index contributed by atoms with van der Waals surface area (Å²) in [5, 5.41) is 12.5. The zero-order chi connectivity index (χ0) is 15.4. The number of hydrogen-bond donors (Lipinski definition) is 1. The van der Waals surface area contributed by atoms with E-state index >= 15 is 0 Å². The van der Waals surface area contributed by atoms with E-state index in [0.29, 0.717) is 5.13 Å². The molecule has 5 nitrogen and oxygen atoms in total. The Morgan fingerprint density at radius 3 is 2.59 bits per heavy atom. The SMILES string of the molecule is COc1ccc(-c2nnc(NC(=O)C3CCCCC3)s2)cc1. The van der Waals surface area contributed by atoms with Crippen molar-refractivity contribution >= 4 is 22.4 Å². The molecule has 1 aromatic carbocycles. The highest BCUT2D eigenvalue weighted by atomic mass is 32.1. The molecule has 1 aromatic heterocycles. The molecule has 1 aliphatic carbocycles. The minimum atomic E-state index is 0.0807. The molecular formula is C16H19N3O2S. The number of amides is 1. The van der Waals surface area contributed by atoms with Crippen molar-refractivity contribution in [1.82, 2.24) is 10.2 Å². The Kier molecular flexibility index (Phi) is 4.68. The zero-order valence-electron chi connectivity index (χ0n) is 12.5. The van der Waals surface area contributed by atoms with Crippen molar-refractivity contribution in [1.29, 1.82) is 0 Å². The van der Waals surface area contributed by atoms with Crippen LogP contribution in [0.1, 0.15) is 32.1 Å². The molecule has 0 radical (unpaired) electrons. The number of rotatable bonds is 4. The van der Waals surface area contributed by atoms with Gasteiger partial charge in [0.1, 0.15) is 10.8 Å². The van der Waals surface area contributed by atoms with E-state index in [4.69, 9.17) is 4.74 Å². The van der Waals surface area contributed by atoms with Gasteiger partial charge in [0, 0.05) is 11.5 Å². The average Bonchev–Trinajstić information content (AvgIpc) is 3.04. The highest BCUT2D eigenvalue weighted by Gasteiger charge is 2.22. The molecule has 1 aliphatic rings. The normalized spacial score (nSPS) is 15.5. The van der Waals surface area contributed by atoms with Gasteiger partial charge in [-0.25, -0.2) is 0 Å². The van der Waals surface area contributed by atoms with Crippen LogP contribution in [-0.4, -0.2) is 23.2 Å². The molecule has 0 saturated heterocycles. The maximum absolute atomic E-state index is 12.2. The van der Waals surface area contributed by atoms with Crippen LogP contribution in [0.15, 0.2) is 24.3 Å². The van der Waals surface area contributed by atoms with Gasteiger partial charge in [-0.3, -0.25) is 4.79 Å². The lowest BCUT2D eigenvalue weighted by molar-refractivity contribution is -0.120. The number of nitrogens with zero attached hydrogens (tertiary/aromatic N) is 2. The third kappa shape index (κ3) is 3.44. The van der Waals surface area contributed by atoms with Gasteiger partial charge in [-0.15, -0.1) is 10.2 Å². The second-order valence-electron chi connectivity index (χ2n) is 5.47. The summed E-state index contributed by atoms with van der Waals surface area (Å²) < 4.78 is 5.14. The van der Waals surface area contributed by atoms with Gasteiger partial charge in [0.2, 0.25) is 11.0 Å². The number of anilines is 1. The van der Waals surface area contributed by atoms with E-state index < -0.39 is 0 Å². The van der Waals surface area contributed by atoms with Crippen LogP contribution in [-0.2, 0) is 4.79 Å². The summed E-state index contributed by atoms with van der Waals surface area (Å²) in [7, 11) is 1.64. The minimum Gasteiger partial charge on any atom is -0.497 e. The summed E-state index contributed by atoms with van der Waals surface area (Å²) in [4.78, 5) is 12.2. The molecule has 1 fully saturated rings. The molecular weight excluding hydrogens is 298 g/mol. The van der Waals surface area contributed by atoms with Gasteiger partial charge in [0.25, 0.3) is 0 Å². The maximum atomic E-state index is 12.2. The molecule has 116 valence electrons. The molecule has 1 amide bonds. The first-order valence-corrected chi connectivity index (χ1v) is 8.36. The Labute approximate surface area is 133 Å². The molecule has 6 heteroatoms. The van der Waals surface area contributed by atoms with Crippen LogP contribution in [0.25, 0.3) is 10.6 Å². The van der Waals surface area contributed by atoms with Crippen molar-refractivity contribution in [2.24, 2.45) is 5.92 Å². The summed E-state index contributed by atoms with van der Waals surface area (Å²) in [6.07, 6.45) is 5.49. The van der Waals surface area contributed by atoms with Gasteiger partial charge in [0.15, 0.2) is 0 Å². The second kappa shape index (κ2) is 6.87. The highest BCUT2D eigenvalue weighted by molar-refractivity contribution is 7.18. The number of methoxy groups -OCH3 is 1. The molecule has 0 bridgehead atoms. The van der Waals surface area contributed by atoms with Gasteiger partial charge >= 0.3 is 0 Å². The van der Waals surface area contributed by atoms with E-state index in [9.17, 15) is 4.79 Å². The van der Waals surface area contributed by atoms with E-state index in [1.165, 1.54) is 17.8 Å². The predicted octanol–water partition coefficient (Wildman–Crippen LogP) is 3.73. The van der Waals surface area contributed by atoms with E-state index in [-0.39, 0.29) is 11.8 Å². The summed E-state index contributed by atoms with van der Waals surface area (Å²) in [6, 6.07) is 7.65. The van der Waals surface area contributed by atoms with Crippen LogP contribution in [0.4, 0.5) is 5.13 Å². The molecule has 3 rings (SSSR count). The van der Waals surface area contributed by atoms with Crippen LogP contribution in [0.5, 0.6) is 5.75 Å². The second-order valence-corrected chi connectivity index (χ2v) is 6.44. The molecule has 1 saturated carbocycles. The fourth-order valence-electron chi connectivity index (χ4n) is 2.70. The lowest BCUT2D eigenvalue weighted by Crippen LogP contribution is -2.24. The average molecular weight is 317 g/mol. The number of hydrogen-bond acceptors (Lipinski definition) is 5. The maximum Gasteiger partial charge on any atom is 0.229 e. The van der Waals surface area contributed by atoms with Crippen LogP contribution < -0.4 is 10.1 Å². The number of benzene rings is 1. The Morgan fingerprint density at radius 1 is 1.18 bits per heavy atom. The van der Waals surface area contributed by atoms with Crippen LogP contribution >= 0.6 is 11.3 Å². The summed E-state index contributed by atoms with van der Waals surface area (Å²) >= 11 is 1.40. The van der Waals surface area contributed by atoms with Gasteiger partial charge < -0.3 is 10.1 Å². The fraction of sp³-hybridized carbons (Fsp3) is 0.438. The van der Waals surface area contributed by atoms with Crippen LogP contribution in [0, 0.1) is 5.92 Å². The first kappa shape index (κ1) is 15.0. The van der Waals surface area contributed by atoms with Crippen molar-refractivity contribution in [3.8, 4) is 16.3 Å². The highest BCUT2D eigenvalue weighted by Crippen LogP contribution is 2.29.